The molecule has 6 nitrogen and oxygen atoms in total. The number of aromatic nitrogens is 1. The molecule has 2 N–H and O–H groups in total. The summed E-state index contributed by atoms with van der Waals surface area (Å²) < 4.78 is 13.7. The van der Waals surface area contributed by atoms with Crippen molar-refractivity contribution in [1.29, 1.82) is 0 Å². The first-order chi connectivity index (χ1) is 11.5. The lowest BCUT2D eigenvalue weighted by molar-refractivity contribution is -0.141. The molecule has 1 atom stereocenters. The van der Waals surface area contributed by atoms with Crippen molar-refractivity contribution in [2.45, 2.75) is 12.8 Å². The smallest absolute Gasteiger partial charge is 0.323 e. The molecular weight excluding hydrogens is 333 g/mol. The van der Waals surface area contributed by atoms with Crippen LogP contribution in [0.15, 0.2) is 30.5 Å². The highest BCUT2D eigenvalue weighted by Gasteiger charge is 2.31. The Morgan fingerprint density at radius 1 is 1.42 bits per heavy atom. The zero-order chi connectivity index (χ0) is 17.1. The van der Waals surface area contributed by atoms with E-state index in [4.69, 9.17) is 5.11 Å². The zero-order valence-corrected chi connectivity index (χ0v) is 13.6. The number of carbonyl (C=O) groups excluding carboxylic acids is 1. The van der Waals surface area contributed by atoms with Gasteiger partial charge in [-0.1, -0.05) is 18.2 Å². The SMILES string of the molecule is O=C(O)C1CCN(C(=O)Nc2ncc(Cc3ccccc3F)s2)C1. The van der Waals surface area contributed by atoms with E-state index in [-0.39, 0.29) is 18.4 Å². The Balaban J connectivity index is 1.59. The number of urea groups is 1. The second-order valence-corrected chi connectivity index (χ2v) is 6.72. The Morgan fingerprint density at radius 2 is 2.21 bits per heavy atom. The van der Waals surface area contributed by atoms with Crippen LogP contribution in [-0.4, -0.2) is 40.1 Å². The normalized spacial score (nSPS) is 17.0. The highest BCUT2D eigenvalue weighted by Crippen LogP contribution is 2.23. The van der Waals surface area contributed by atoms with Gasteiger partial charge in [0.15, 0.2) is 5.13 Å². The molecule has 0 bridgehead atoms. The van der Waals surface area contributed by atoms with E-state index < -0.39 is 11.9 Å². The molecule has 1 aromatic heterocycles. The Morgan fingerprint density at radius 3 is 2.92 bits per heavy atom. The molecule has 0 spiro atoms. The van der Waals surface area contributed by atoms with Crippen molar-refractivity contribution in [3.05, 3.63) is 46.7 Å². The van der Waals surface area contributed by atoms with Crippen LogP contribution in [0.4, 0.5) is 14.3 Å². The maximum atomic E-state index is 13.7. The van der Waals surface area contributed by atoms with Crippen molar-refractivity contribution >= 4 is 28.5 Å². The summed E-state index contributed by atoms with van der Waals surface area (Å²) in [5.74, 6) is -1.66. The fourth-order valence-electron chi connectivity index (χ4n) is 2.59. The lowest BCUT2D eigenvalue weighted by Crippen LogP contribution is -2.33. The molecule has 1 aliphatic rings. The number of hydrogen-bond acceptors (Lipinski definition) is 4. The minimum Gasteiger partial charge on any atom is -0.481 e. The molecule has 1 unspecified atom stereocenters. The van der Waals surface area contributed by atoms with Gasteiger partial charge in [0.05, 0.1) is 5.92 Å². The van der Waals surface area contributed by atoms with Gasteiger partial charge in [0, 0.05) is 30.6 Å². The predicted molar refractivity (Wildman–Crippen MR) is 87.7 cm³/mol. The third kappa shape index (κ3) is 3.70. The largest absolute Gasteiger partial charge is 0.481 e. The number of thiazole rings is 1. The second kappa shape index (κ2) is 6.96. The molecule has 0 radical (unpaired) electrons. The van der Waals surface area contributed by atoms with Crippen molar-refractivity contribution in [3.63, 3.8) is 0 Å². The molecule has 3 rings (SSSR count). The summed E-state index contributed by atoms with van der Waals surface area (Å²) in [6, 6.07) is 6.17. The quantitative estimate of drug-likeness (QED) is 0.889. The predicted octanol–water partition coefficient (Wildman–Crippen LogP) is 2.81. The van der Waals surface area contributed by atoms with Gasteiger partial charge in [-0.2, -0.15) is 0 Å². The van der Waals surface area contributed by atoms with Crippen molar-refractivity contribution in [2.24, 2.45) is 5.92 Å². The van der Waals surface area contributed by atoms with E-state index >= 15 is 0 Å². The number of halogens is 1. The number of nitrogens with zero attached hydrogens (tertiary/aromatic N) is 2. The minimum atomic E-state index is -0.883. The molecular formula is C16H16FN3O3S. The van der Waals surface area contributed by atoms with Gasteiger partial charge in [-0.3, -0.25) is 10.1 Å². The number of amides is 2. The van der Waals surface area contributed by atoms with E-state index in [1.165, 1.54) is 22.3 Å². The van der Waals surface area contributed by atoms with Crippen LogP contribution in [0.25, 0.3) is 0 Å². The van der Waals surface area contributed by atoms with Crippen LogP contribution in [0.3, 0.4) is 0 Å². The molecule has 1 saturated heterocycles. The lowest BCUT2D eigenvalue weighted by atomic mass is 10.1. The van der Waals surface area contributed by atoms with Crippen LogP contribution < -0.4 is 5.32 Å². The maximum Gasteiger partial charge on any atom is 0.323 e. The molecule has 126 valence electrons. The molecule has 2 amide bonds. The van der Waals surface area contributed by atoms with Gasteiger partial charge in [-0.15, -0.1) is 11.3 Å². The molecule has 2 heterocycles. The Hall–Kier alpha value is -2.48. The highest BCUT2D eigenvalue weighted by atomic mass is 32.1. The van der Waals surface area contributed by atoms with Gasteiger partial charge in [0.25, 0.3) is 0 Å². The summed E-state index contributed by atoms with van der Waals surface area (Å²) in [6.45, 7) is 0.616. The Bertz CT molecular complexity index is 765. The molecule has 1 fully saturated rings. The summed E-state index contributed by atoms with van der Waals surface area (Å²) in [5, 5.41) is 12.1. The van der Waals surface area contributed by atoms with Crippen LogP contribution in [0.1, 0.15) is 16.9 Å². The molecule has 1 aliphatic heterocycles. The summed E-state index contributed by atoms with van der Waals surface area (Å²) in [6.07, 6.45) is 2.47. The minimum absolute atomic E-state index is 0.203. The maximum absolute atomic E-state index is 13.7. The topological polar surface area (TPSA) is 82.5 Å². The number of carbonyl (C=O) groups is 2. The van der Waals surface area contributed by atoms with Crippen LogP contribution in [-0.2, 0) is 11.2 Å². The number of aliphatic carboxylic acids is 1. The van der Waals surface area contributed by atoms with Crippen molar-refractivity contribution < 1.29 is 19.1 Å². The average Bonchev–Trinajstić information content (AvgIpc) is 3.19. The van der Waals surface area contributed by atoms with Crippen molar-refractivity contribution in [1.82, 2.24) is 9.88 Å². The van der Waals surface area contributed by atoms with Gasteiger partial charge in [-0.25, -0.2) is 14.2 Å². The van der Waals surface area contributed by atoms with Crippen molar-refractivity contribution in [2.75, 3.05) is 18.4 Å². The van der Waals surface area contributed by atoms with E-state index in [9.17, 15) is 14.0 Å². The first-order valence-corrected chi connectivity index (χ1v) is 8.31. The van der Waals surface area contributed by atoms with Crippen LogP contribution >= 0.6 is 11.3 Å². The first kappa shape index (κ1) is 16.4. The van der Waals surface area contributed by atoms with Gasteiger partial charge >= 0.3 is 12.0 Å². The first-order valence-electron chi connectivity index (χ1n) is 7.50. The number of benzene rings is 1. The zero-order valence-electron chi connectivity index (χ0n) is 12.7. The molecule has 1 aromatic carbocycles. The standard InChI is InChI=1S/C16H16FN3O3S/c17-13-4-2-1-3-10(13)7-12-8-18-15(24-12)19-16(23)20-6-5-11(9-20)14(21)22/h1-4,8,11H,5-7,9H2,(H,21,22)(H,18,19,23). The van der Waals surface area contributed by atoms with Gasteiger partial charge in [0.2, 0.25) is 0 Å². The van der Waals surface area contributed by atoms with E-state index in [1.54, 1.807) is 24.4 Å². The van der Waals surface area contributed by atoms with Crippen LogP contribution in [0.2, 0.25) is 0 Å². The lowest BCUT2D eigenvalue weighted by Gasteiger charge is -2.15. The second-order valence-electron chi connectivity index (χ2n) is 5.60. The van der Waals surface area contributed by atoms with Crippen molar-refractivity contribution in [3.8, 4) is 0 Å². The monoisotopic (exact) mass is 349 g/mol. The molecule has 0 saturated carbocycles. The molecule has 8 heteroatoms. The summed E-state index contributed by atoms with van der Waals surface area (Å²) in [4.78, 5) is 29.5. The number of rotatable bonds is 4. The van der Waals surface area contributed by atoms with E-state index in [2.05, 4.69) is 10.3 Å². The summed E-state index contributed by atoms with van der Waals surface area (Å²) in [7, 11) is 0. The van der Waals surface area contributed by atoms with Crippen LogP contribution in [0.5, 0.6) is 0 Å². The summed E-state index contributed by atoms with van der Waals surface area (Å²) >= 11 is 1.28. The van der Waals surface area contributed by atoms with E-state index in [1.807, 2.05) is 0 Å². The third-order valence-corrected chi connectivity index (χ3v) is 4.83. The Labute approximate surface area is 141 Å². The van der Waals surface area contributed by atoms with Gasteiger partial charge in [-0.05, 0) is 18.1 Å². The molecule has 0 aliphatic carbocycles. The fourth-order valence-corrected chi connectivity index (χ4v) is 3.42. The van der Waals surface area contributed by atoms with Gasteiger partial charge in [0.1, 0.15) is 5.82 Å². The van der Waals surface area contributed by atoms with Gasteiger partial charge < -0.3 is 10.0 Å². The average molecular weight is 349 g/mol. The van der Waals surface area contributed by atoms with E-state index in [0.29, 0.717) is 30.1 Å². The molecule has 2 aromatic rings. The highest BCUT2D eigenvalue weighted by molar-refractivity contribution is 7.15. The number of carboxylic acids is 1. The number of likely N-dealkylation sites (tertiary alicyclic amines) is 1. The van der Waals surface area contributed by atoms with E-state index in [0.717, 1.165) is 4.88 Å². The number of anilines is 1. The number of hydrogen-bond donors (Lipinski definition) is 2. The third-order valence-electron chi connectivity index (χ3n) is 3.91. The summed E-state index contributed by atoms with van der Waals surface area (Å²) in [5.41, 5.74) is 0.572. The fraction of sp³-hybridized carbons (Fsp3) is 0.312. The Kier molecular flexibility index (Phi) is 4.75. The number of nitrogens with one attached hydrogen (secondary N) is 1. The number of carboxylic acid groups (broad SMARTS) is 1. The molecule has 24 heavy (non-hydrogen) atoms. The van der Waals surface area contributed by atoms with Crippen LogP contribution in [0, 0.1) is 11.7 Å².